The van der Waals surface area contributed by atoms with Crippen molar-refractivity contribution < 1.29 is 13.9 Å². The lowest BCUT2D eigenvalue weighted by Gasteiger charge is -2.23. The standard InChI is InChI=1S/C15H18FNO2/c1-2-11-3-4-14(16)12(9-11)10-15(18)17-13-5-7-19-8-6-13/h2-4,9,13H,1,5-8,10H2,(H,17,18). The van der Waals surface area contributed by atoms with Gasteiger partial charge in [-0.25, -0.2) is 4.39 Å². The molecule has 0 spiro atoms. The molecule has 4 heteroatoms. The number of hydrogen-bond acceptors (Lipinski definition) is 2. The number of rotatable bonds is 4. The van der Waals surface area contributed by atoms with Gasteiger partial charge in [-0.1, -0.05) is 18.7 Å². The van der Waals surface area contributed by atoms with Gasteiger partial charge in [0.15, 0.2) is 0 Å². The minimum Gasteiger partial charge on any atom is -0.381 e. The Labute approximate surface area is 112 Å². The van der Waals surface area contributed by atoms with Crippen molar-refractivity contribution in [2.24, 2.45) is 0 Å². The van der Waals surface area contributed by atoms with E-state index in [4.69, 9.17) is 4.74 Å². The van der Waals surface area contributed by atoms with E-state index in [1.807, 2.05) is 0 Å². The molecule has 102 valence electrons. The molecule has 1 aliphatic rings. The Morgan fingerprint density at radius 3 is 2.89 bits per heavy atom. The summed E-state index contributed by atoms with van der Waals surface area (Å²) in [4.78, 5) is 11.9. The molecule has 0 atom stereocenters. The fourth-order valence-corrected chi connectivity index (χ4v) is 2.15. The van der Waals surface area contributed by atoms with Crippen LogP contribution >= 0.6 is 0 Å². The monoisotopic (exact) mass is 263 g/mol. The van der Waals surface area contributed by atoms with Crippen LogP contribution in [0, 0.1) is 5.82 Å². The van der Waals surface area contributed by atoms with Crippen LogP contribution < -0.4 is 5.32 Å². The normalized spacial score (nSPS) is 16.1. The highest BCUT2D eigenvalue weighted by molar-refractivity contribution is 5.79. The molecule has 1 aromatic carbocycles. The SMILES string of the molecule is C=Cc1ccc(F)c(CC(=O)NC2CCOCC2)c1. The molecule has 0 saturated carbocycles. The van der Waals surface area contributed by atoms with Gasteiger partial charge < -0.3 is 10.1 Å². The molecule has 1 aliphatic heterocycles. The van der Waals surface area contributed by atoms with Crippen LogP contribution in [0.4, 0.5) is 4.39 Å². The van der Waals surface area contributed by atoms with Crippen molar-refractivity contribution in [1.82, 2.24) is 5.32 Å². The molecule has 3 nitrogen and oxygen atoms in total. The van der Waals surface area contributed by atoms with Crippen LogP contribution in [0.1, 0.15) is 24.0 Å². The van der Waals surface area contributed by atoms with Crippen molar-refractivity contribution in [1.29, 1.82) is 0 Å². The summed E-state index contributed by atoms with van der Waals surface area (Å²) in [6.07, 6.45) is 3.34. The molecule has 0 radical (unpaired) electrons. The molecule has 19 heavy (non-hydrogen) atoms. The second-order valence-electron chi connectivity index (χ2n) is 4.69. The highest BCUT2D eigenvalue weighted by Crippen LogP contribution is 2.13. The first-order chi connectivity index (χ1) is 9.19. The summed E-state index contributed by atoms with van der Waals surface area (Å²) >= 11 is 0. The van der Waals surface area contributed by atoms with Crippen molar-refractivity contribution in [2.75, 3.05) is 13.2 Å². The molecular formula is C15H18FNO2. The second kappa shape index (κ2) is 6.48. The summed E-state index contributed by atoms with van der Waals surface area (Å²) in [5.41, 5.74) is 1.22. The highest BCUT2D eigenvalue weighted by Gasteiger charge is 2.17. The lowest BCUT2D eigenvalue weighted by Crippen LogP contribution is -2.39. The second-order valence-corrected chi connectivity index (χ2v) is 4.69. The molecule has 0 bridgehead atoms. The first kappa shape index (κ1) is 13.7. The number of ether oxygens (including phenoxy) is 1. The number of benzene rings is 1. The molecule has 0 unspecified atom stereocenters. The average molecular weight is 263 g/mol. The Hall–Kier alpha value is -1.68. The van der Waals surface area contributed by atoms with Crippen LogP contribution in [0.25, 0.3) is 6.08 Å². The first-order valence-corrected chi connectivity index (χ1v) is 6.47. The van der Waals surface area contributed by atoms with Gasteiger partial charge in [-0.15, -0.1) is 0 Å². The van der Waals surface area contributed by atoms with Crippen molar-refractivity contribution >= 4 is 12.0 Å². The Kier molecular flexibility index (Phi) is 4.68. The first-order valence-electron chi connectivity index (χ1n) is 6.47. The maximum absolute atomic E-state index is 13.6. The van der Waals surface area contributed by atoms with Crippen LogP contribution in [0.3, 0.4) is 0 Å². The molecule has 1 heterocycles. The summed E-state index contributed by atoms with van der Waals surface area (Å²) in [5, 5.41) is 2.92. The zero-order valence-corrected chi connectivity index (χ0v) is 10.8. The summed E-state index contributed by atoms with van der Waals surface area (Å²) in [6, 6.07) is 4.81. The lowest BCUT2D eigenvalue weighted by atomic mass is 10.1. The van der Waals surface area contributed by atoms with Crippen LogP contribution in [0.15, 0.2) is 24.8 Å². The van der Waals surface area contributed by atoms with E-state index in [0.717, 1.165) is 18.4 Å². The fourth-order valence-electron chi connectivity index (χ4n) is 2.15. The zero-order valence-electron chi connectivity index (χ0n) is 10.8. The molecule has 1 aromatic rings. The Bertz CT molecular complexity index is 467. The smallest absolute Gasteiger partial charge is 0.224 e. The third-order valence-electron chi connectivity index (χ3n) is 3.24. The van der Waals surface area contributed by atoms with E-state index < -0.39 is 0 Å². The van der Waals surface area contributed by atoms with Crippen molar-refractivity contribution in [3.63, 3.8) is 0 Å². The third-order valence-corrected chi connectivity index (χ3v) is 3.24. The Morgan fingerprint density at radius 2 is 2.21 bits per heavy atom. The molecule has 1 fully saturated rings. The maximum atomic E-state index is 13.6. The zero-order chi connectivity index (χ0) is 13.7. The molecule has 0 aromatic heterocycles. The molecule has 0 aliphatic carbocycles. The predicted octanol–water partition coefficient (Wildman–Crippen LogP) is 2.31. The van der Waals surface area contributed by atoms with Gasteiger partial charge in [0.05, 0.1) is 6.42 Å². The Morgan fingerprint density at radius 1 is 1.47 bits per heavy atom. The number of carbonyl (C=O) groups excluding carboxylic acids is 1. The minimum atomic E-state index is -0.354. The lowest BCUT2D eigenvalue weighted by molar-refractivity contribution is -0.121. The van der Waals surface area contributed by atoms with Gasteiger partial charge in [-0.05, 0) is 36.1 Å². The van der Waals surface area contributed by atoms with Gasteiger partial charge in [0.2, 0.25) is 5.91 Å². The van der Waals surface area contributed by atoms with E-state index in [0.29, 0.717) is 18.8 Å². The minimum absolute atomic E-state index is 0.0604. The molecule has 2 rings (SSSR count). The summed E-state index contributed by atoms with van der Waals surface area (Å²) < 4.78 is 18.8. The van der Waals surface area contributed by atoms with E-state index in [2.05, 4.69) is 11.9 Å². The van der Waals surface area contributed by atoms with E-state index >= 15 is 0 Å². The topological polar surface area (TPSA) is 38.3 Å². The molecule has 1 N–H and O–H groups in total. The third kappa shape index (κ3) is 3.89. The van der Waals surface area contributed by atoms with Gasteiger partial charge in [0, 0.05) is 19.3 Å². The number of carbonyl (C=O) groups is 1. The maximum Gasteiger partial charge on any atom is 0.224 e. The number of hydrogen-bond donors (Lipinski definition) is 1. The Balaban J connectivity index is 1.95. The van der Waals surface area contributed by atoms with E-state index in [-0.39, 0.29) is 24.2 Å². The van der Waals surface area contributed by atoms with Gasteiger partial charge in [0.25, 0.3) is 0 Å². The average Bonchev–Trinajstić information content (AvgIpc) is 2.42. The van der Waals surface area contributed by atoms with Gasteiger partial charge in [-0.2, -0.15) is 0 Å². The van der Waals surface area contributed by atoms with Crippen molar-refractivity contribution in [2.45, 2.75) is 25.3 Å². The quantitative estimate of drug-likeness (QED) is 0.905. The van der Waals surface area contributed by atoms with E-state index in [9.17, 15) is 9.18 Å². The molecule has 1 saturated heterocycles. The number of halogens is 1. The van der Waals surface area contributed by atoms with Crippen LogP contribution in [0.2, 0.25) is 0 Å². The van der Waals surface area contributed by atoms with E-state index in [1.54, 1.807) is 18.2 Å². The summed E-state index contributed by atoms with van der Waals surface area (Å²) in [6.45, 7) is 4.98. The van der Waals surface area contributed by atoms with Crippen molar-refractivity contribution in [3.8, 4) is 0 Å². The number of nitrogens with one attached hydrogen (secondary N) is 1. The van der Waals surface area contributed by atoms with Crippen molar-refractivity contribution in [3.05, 3.63) is 41.7 Å². The predicted molar refractivity (Wildman–Crippen MR) is 72.2 cm³/mol. The van der Waals surface area contributed by atoms with E-state index in [1.165, 1.54) is 6.07 Å². The molecular weight excluding hydrogens is 245 g/mol. The van der Waals surface area contributed by atoms with Crippen LogP contribution in [-0.2, 0) is 16.0 Å². The largest absolute Gasteiger partial charge is 0.381 e. The van der Waals surface area contributed by atoms with Crippen LogP contribution in [-0.4, -0.2) is 25.2 Å². The number of amides is 1. The van der Waals surface area contributed by atoms with Gasteiger partial charge >= 0.3 is 0 Å². The molecule has 1 amide bonds. The van der Waals surface area contributed by atoms with Gasteiger partial charge in [-0.3, -0.25) is 4.79 Å². The summed E-state index contributed by atoms with van der Waals surface area (Å²) in [5.74, 6) is -0.500. The fraction of sp³-hybridized carbons (Fsp3) is 0.400. The summed E-state index contributed by atoms with van der Waals surface area (Å²) in [7, 11) is 0. The highest BCUT2D eigenvalue weighted by atomic mass is 19.1. The van der Waals surface area contributed by atoms with Gasteiger partial charge in [0.1, 0.15) is 5.82 Å². The van der Waals surface area contributed by atoms with Crippen LogP contribution in [0.5, 0.6) is 0 Å².